The first kappa shape index (κ1) is 13.4. The number of rotatable bonds is 7. The van der Waals surface area contributed by atoms with Crippen LogP contribution in [0.3, 0.4) is 0 Å². The van der Waals surface area contributed by atoms with Crippen molar-refractivity contribution in [2.24, 2.45) is 5.73 Å². The van der Waals surface area contributed by atoms with Crippen molar-refractivity contribution < 1.29 is 4.79 Å². The Bertz CT molecular complexity index is 367. The van der Waals surface area contributed by atoms with Gasteiger partial charge in [-0.25, -0.2) is 4.98 Å². The summed E-state index contributed by atoms with van der Waals surface area (Å²) in [5.41, 5.74) is 11.9. The van der Waals surface area contributed by atoms with Crippen LogP contribution in [0.25, 0.3) is 0 Å². The van der Waals surface area contributed by atoms with E-state index in [2.05, 4.69) is 11.9 Å². The van der Waals surface area contributed by atoms with Gasteiger partial charge in [0.15, 0.2) is 0 Å². The van der Waals surface area contributed by atoms with Gasteiger partial charge < -0.3 is 11.5 Å². The number of nitrogens with two attached hydrogens (primary N) is 2. The first-order valence-electron chi connectivity index (χ1n) is 5.83. The third kappa shape index (κ3) is 5.31. The molecule has 0 saturated heterocycles. The summed E-state index contributed by atoms with van der Waals surface area (Å²) in [6.45, 7) is 3.94. The molecule has 1 rings (SSSR count). The number of aromatic nitrogens is 1. The van der Waals surface area contributed by atoms with Crippen molar-refractivity contribution >= 4 is 11.7 Å². The lowest BCUT2D eigenvalue weighted by Gasteiger charge is -2.20. The van der Waals surface area contributed by atoms with Crippen molar-refractivity contribution in [2.45, 2.75) is 26.3 Å². The number of carbonyl (C=O) groups is 1. The predicted molar refractivity (Wildman–Crippen MR) is 68.0 cm³/mol. The van der Waals surface area contributed by atoms with Crippen LogP contribution in [-0.2, 0) is 11.3 Å². The van der Waals surface area contributed by atoms with Crippen molar-refractivity contribution in [2.75, 3.05) is 18.8 Å². The maximum Gasteiger partial charge on any atom is 0.231 e. The van der Waals surface area contributed by atoms with Gasteiger partial charge in [0.25, 0.3) is 0 Å². The van der Waals surface area contributed by atoms with Crippen LogP contribution in [-0.4, -0.2) is 28.9 Å². The first-order valence-corrected chi connectivity index (χ1v) is 5.83. The van der Waals surface area contributed by atoms with Crippen molar-refractivity contribution in [1.82, 2.24) is 9.88 Å². The molecule has 1 aromatic rings. The van der Waals surface area contributed by atoms with Crippen LogP contribution in [0.1, 0.15) is 25.3 Å². The number of pyridine rings is 1. The summed E-state index contributed by atoms with van der Waals surface area (Å²) in [5, 5.41) is 0. The summed E-state index contributed by atoms with van der Waals surface area (Å²) < 4.78 is 0. The predicted octanol–water partition coefficient (Wildman–Crippen LogP) is 0.751. The molecule has 1 heterocycles. The molecular weight excluding hydrogens is 216 g/mol. The molecule has 0 fully saturated rings. The van der Waals surface area contributed by atoms with Gasteiger partial charge >= 0.3 is 0 Å². The molecule has 0 saturated carbocycles. The lowest BCUT2D eigenvalue weighted by molar-refractivity contribution is -0.119. The Kier molecular flexibility index (Phi) is 5.42. The monoisotopic (exact) mass is 236 g/mol. The SMILES string of the molecule is CCCCN(CC(N)=O)Cc1ccnc(N)c1. The van der Waals surface area contributed by atoms with Crippen molar-refractivity contribution in [1.29, 1.82) is 0 Å². The van der Waals surface area contributed by atoms with Crippen molar-refractivity contribution in [3.8, 4) is 0 Å². The first-order chi connectivity index (χ1) is 8.11. The molecule has 5 heteroatoms. The van der Waals surface area contributed by atoms with Gasteiger partial charge in [0.2, 0.25) is 5.91 Å². The maximum absolute atomic E-state index is 11.0. The second kappa shape index (κ2) is 6.85. The number of primary amides is 1. The molecule has 0 atom stereocenters. The normalized spacial score (nSPS) is 10.7. The highest BCUT2D eigenvalue weighted by molar-refractivity contribution is 5.75. The maximum atomic E-state index is 11.0. The smallest absolute Gasteiger partial charge is 0.231 e. The summed E-state index contributed by atoms with van der Waals surface area (Å²) in [7, 11) is 0. The second-order valence-corrected chi connectivity index (χ2v) is 4.12. The fourth-order valence-electron chi connectivity index (χ4n) is 1.67. The van der Waals surface area contributed by atoms with Crippen LogP contribution in [0, 0.1) is 0 Å². The van der Waals surface area contributed by atoms with Gasteiger partial charge in [-0.3, -0.25) is 9.69 Å². The van der Waals surface area contributed by atoms with Gasteiger partial charge in [-0.15, -0.1) is 0 Å². The average Bonchev–Trinajstić information content (AvgIpc) is 2.25. The van der Waals surface area contributed by atoms with E-state index in [1.807, 2.05) is 17.0 Å². The van der Waals surface area contributed by atoms with E-state index < -0.39 is 0 Å². The third-order valence-electron chi connectivity index (χ3n) is 2.46. The zero-order valence-corrected chi connectivity index (χ0v) is 10.2. The molecule has 1 aromatic heterocycles. The fraction of sp³-hybridized carbons (Fsp3) is 0.500. The van der Waals surface area contributed by atoms with Gasteiger partial charge in [-0.2, -0.15) is 0 Å². The molecule has 0 aromatic carbocycles. The van der Waals surface area contributed by atoms with E-state index in [0.717, 1.165) is 24.9 Å². The number of unbranched alkanes of at least 4 members (excludes halogenated alkanes) is 1. The molecule has 5 nitrogen and oxygen atoms in total. The molecule has 0 unspecified atom stereocenters. The number of hydrogen-bond acceptors (Lipinski definition) is 4. The molecule has 0 aliphatic rings. The van der Waals surface area contributed by atoms with E-state index in [4.69, 9.17) is 11.5 Å². The van der Waals surface area contributed by atoms with Gasteiger partial charge in [-0.1, -0.05) is 13.3 Å². The molecular formula is C12H20N4O. The molecule has 0 spiro atoms. The highest BCUT2D eigenvalue weighted by Gasteiger charge is 2.08. The van der Waals surface area contributed by atoms with E-state index >= 15 is 0 Å². The minimum absolute atomic E-state index is 0.280. The quantitative estimate of drug-likeness (QED) is 0.731. The lowest BCUT2D eigenvalue weighted by atomic mass is 10.2. The molecule has 0 aliphatic heterocycles. The third-order valence-corrected chi connectivity index (χ3v) is 2.46. The Morgan fingerprint density at radius 1 is 1.53 bits per heavy atom. The molecule has 94 valence electrons. The Hall–Kier alpha value is -1.62. The summed E-state index contributed by atoms with van der Waals surface area (Å²) >= 11 is 0. The van der Waals surface area contributed by atoms with Crippen LogP contribution in [0.5, 0.6) is 0 Å². The van der Waals surface area contributed by atoms with Crippen LogP contribution in [0.15, 0.2) is 18.3 Å². The average molecular weight is 236 g/mol. The number of anilines is 1. The van der Waals surface area contributed by atoms with E-state index in [-0.39, 0.29) is 12.5 Å². The molecule has 0 radical (unpaired) electrons. The molecule has 0 bridgehead atoms. The Morgan fingerprint density at radius 2 is 2.29 bits per heavy atom. The van der Waals surface area contributed by atoms with Crippen molar-refractivity contribution in [3.63, 3.8) is 0 Å². The summed E-state index contributed by atoms with van der Waals surface area (Å²) in [6.07, 6.45) is 3.81. The van der Waals surface area contributed by atoms with Gasteiger partial charge in [0.1, 0.15) is 5.82 Å². The summed E-state index contributed by atoms with van der Waals surface area (Å²) in [4.78, 5) is 16.9. The standard InChI is InChI=1S/C12H20N4O/c1-2-3-6-16(9-12(14)17)8-10-4-5-15-11(13)7-10/h4-5,7H,2-3,6,8-9H2,1H3,(H2,13,15)(H2,14,17). The zero-order chi connectivity index (χ0) is 12.7. The van der Waals surface area contributed by atoms with Crippen LogP contribution >= 0.6 is 0 Å². The lowest BCUT2D eigenvalue weighted by Crippen LogP contribution is -2.34. The van der Waals surface area contributed by atoms with E-state index in [9.17, 15) is 4.79 Å². The largest absolute Gasteiger partial charge is 0.384 e. The minimum Gasteiger partial charge on any atom is -0.384 e. The Morgan fingerprint density at radius 3 is 2.88 bits per heavy atom. The fourth-order valence-corrected chi connectivity index (χ4v) is 1.67. The number of amides is 1. The van der Waals surface area contributed by atoms with Gasteiger partial charge in [0.05, 0.1) is 6.54 Å². The highest BCUT2D eigenvalue weighted by atomic mass is 16.1. The number of nitrogens with zero attached hydrogens (tertiary/aromatic N) is 2. The number of carbonyl (C=O) groups excluding carboxylic acids is 1. The van der Waals surface area contributed by atoms with E-state index in [1.165, 1.54) is 0 Å². The van der Waals surface area contributed by atoms with Crippen LogP contribution < -0.4 is 11.5 Å². The summed E-state index contributed by atoms with van der Waals surface area (Å²) in [6, 6.07) is 3.72. The van der Waals surface area contributed by atoms with Crippen molar-refractivity contribution in [3.05, 3.63) is 23.9 Å². The van der Waals surface area contributed by atoms with E-state index in [0.29, 0.717) is 12.4 Å². The molecule has 4 N–H and O–H groups in total. The highest BCUT2D eigenvalue weighted by Crippen LogP contribution is 2.07. The molecule has 17 heavy (non-hydrogen) atoms. The molecule has 0 aliphatic carbocycles. The van der Waals surface area contributed by atoms with Gasteiger partial charge in [-0.05, 0) is 30.7 Å². The van der Waals surface area contributed by atoms with Crippen LogP contribution in [0.2, 0.25) is 0 Å². The zero-order valence-electron chi connectivity index (χ0n) is 10.2. The number of hydrogen-bond donors (Lipinski definition) is 2. The van der Waals surface area contributed by atoms with Crippen LogP contribution in [0.4, 0.5) is 5.82 Å². The topological polar surface area (TPSA) is 85.2 Å². The number of nitrogen functional groups attached to an aromatic ring is 1. The summed E-state index contributed by atoms with van der Waals surface area (Å²) in [5.74, 6) is 0.195. The van der Waals surface area contributed by atoms with Gasteiger partial charge in [0, 0.05) is 12.7 Å². The molecule has 1 amide bonds. The minimum atomic E-state index is -0.303. The Balaban J connectivity index is 2.61. The second-order valence-electron chi connectivity index (χ2n) is 4.12. The Labute approximate surface area is 102 Å². The van der Waals surface area contributed by atoms with E-state index in [1.54, 1.807) is 6.20 Å².